The zero-order chi connectivity index (χ0) is 13.2. The number of likely N-dealkylation sites (N-methyl/N-ethyl adjacent to an activating group) is 1. The Morgan fingerprint density at radius 2 is 2.22 bits per heavy atom. The Hall–Kier alpha value is -0.750. The van der Waals surface area contributed by atoms with Gasteiger partial charge in [0.25, 0.3) is 0 Å². The lowest BCUT2D eigenvalue weighted by Crippen LogP contribution is -2.55. The second-order valence-electron chi connectivity index (χ2n) is 5.13. The Kier molecular flexibility index (Phi) is 4.17. The molecule has 0 spiro atoms. The number of nitrogens with one attached hydrogen (secondary N) is 1. The van der Waals surface area contributed by atoms with Gasteiger partial charge in [0.05, 0.1) is 13.2 Å². The first-order valence-electron chi connectivity index (χ1n) is 6.31. The highest BCUT2D eigenvalue weighted by Crippen LogP contribution is 2.49. The largest absolute Gasteiger partial charge is 0.377 e. The fraction of sp³-hybridized carbons (Fsp3) is 0.833. The van der Waals surface area contributed by atoms with Crippen molar-refractivity contribution in [2.75, 3.05) is 32.6 Å². The summed E-state index contributed by atoms with van der Waals surface area (Å²) in [7, 11) is 1.58. The molecule has 2 fully saturated rings. The molecule has 1 saturated carbocycles. The van der Waals surface area contributed by atoms with Gasteiger partial charge in [0, 0.05) is 20.0 Å². The van der Waals surface area contributed by atoms with E-state index in [1.54, 1.807) is 11.9 Å². The van der Waals surface area contributed by atoms with Gasteiger partial charge in [-0.25, -0.2) is 0 Å². The van der Waals surface area contributed by atoms with Gasteiger partial charge >= 0.3 is 0 Å². The number of nitrogens with zero attached hydrogens (tertiary/aromatic N) is 1. The first kappa shape index (κ1) is 13.7. The summed E-state index contributed by atoms with van der Waals surface area (Å²) in [5.74, 6) is 0.644. The average Bonchev–Trinajstić information content (AvgIpc) is 3.18. The number of carbonyl (C=O) groups is 2. The van der Waals surface area contributed by atoms with Crippen LogP contribution in [0.15, 0.2) is 0 Å². The maximum Gasteiger partial charge on any atom is 0.244 e. The highest BCUT2D eigenvalue weighted by atomic mass is 32.1. The van der Waals surface area contributed by atoms with Crippen molar-refractivity contribution in [3.8, 4) is 0 Å². The molecule has 0 aromatic rings. The van der Waals surface area contributed by atoms with Crippen LogP contribution < -0.4 is 5.32 Å². The van der Waals surface area contributed by atoms with E-state index in [1.165, 1.54) is 0 Å². The molecule has 1 N–H and O–H groups in total. The molecule has 0 radical (unpaired) electrons. The molecule has 0 bridgehead atoms. The first-order chi connectivity index (χ1) is 8.62. The number of hydrogen-bond donors (Lipinski definition) is 2. The van der Waals surface area contributed by atoms with Crippen LogP contribution in [0.2, 0.25) is 0 Å². The van der Waals surface area contributed by atoms with Crippen LogP contribution in [0.1, 0.15) is 19.3 Å². The number of hydrogen-bond acceptors (Lipinski definition) is 4. The van der Waals surface area contributed by atoms with E-state index < -0.39 is 6.04 Å². The van der Waals surface area contributed by atoms with Crippen LogP contribution >= 0.6 is 12.6 Å². The number of ether oxygens (including phenoxy) is 1. The fourth-order valence-corrected chi connectivity index (χ4v) is 2.70. The molecule has 1 unspecified atom stereocenters. The molecule has 102 valence electrons. The van der Waals surface area contributed by atoms with Gasteiger partial charge in [-0.2, -0.15) is 12.6 Å². The second-order valence-corrected chi connectivity index (χ2v) is 5.44. The van der Waals surface area contributed by atoms with Gasteiger partial charge in [-0.15, -0.1) is 0 Å². The average molecular weight is 272 g/mol. The standard InChI is InChI=1S/C12H20N2O3S/c1-13-11(16)9-7-17-5-4-14(9)10(15)6-12(8-18)2-3-12/h9,18H,2-8H2,1H3,(H,13,16). The molecule has 2 amide bonds. The predicted octanol–water partition coefficient (Wildman–Crippen LogP) is 0.0599. The van der Waals surface area contributed by atoms with Crippen LogP contribution in [0, 0.1) is 5.41 Å². The van der Waals surface area contributed by atoms with E-state index in [2.05, 4.69) is 17.9 Å². The van der Waals surface area contributed by atoms with Gasteiger partial charge in [0.1, 0.15) is 6.04 Å². The van der Waals surface area contributed by atoms with Crippen LogP contribution in [0.5, 0.6) is 0 Å². The van der Waals surface area contributed by atoms with Gasteiger partial charge in [-0.3, -0.25) is 9.59 Å². The van der Waals surface area contributed by atoms with Crippen LogP contribution in [-0.4, -0.2) is 55.3 Å². The fourth-order valence-electron chi connectivity index (χ4n) is 2.28. The van der Waals surface area contributed by atoms with Crippen LogP contribution in [-0.2, 0) is 14.3 Å². The Balaban J connectivity index is 1.99. The van der Waals surface area contributed by atoms with Gasteiger partial charge in [0.2, 0.25) is 11.8 Å². The second kappa shape index (κ2) is 5.48. The molecule has 0 aromatic carbocycles. The summed E-state index contributed by atoms with van der Waals surface area (Å²) in [6, 6.07) is -0.480. The van der Waals surface area contributed by atoms with Crippen LogP contribution in [0.25, 0.3) is 0 Å². The topological polar surface area (TPSA) is 58.6 Å². The Labute approximate surface area is 113 Å². The third-order valence-electron chi connectivity index (χ3n) is 3.82. The van der Waals surface area contributed by atoms with Crippen LogP contribution in [0.4, 0.5) is 0 Å². The van der Waals surface area contributed by atoms with Crippen LogP contribution in [0.3, 0.4) is 0 Å². The van der Waals surface area contributed by atoms with Gasteiger partial charge in [0.15, 0.2) is 0 Å². The summed E-state index contributed by atoms with van der Waals surface area (Å²) in [6.07, 6.45) is 2.64. The lowest BCUT2D eigenvalue weighted by atomic mass is 10.0. The van der Waals surface area contributed by atoms with Gasteiger partial charge in [-0.1, -0.05) is 0 Å². The third kappa shape index (κ3) is 2.80. The Morgan fingerprint density at radius 1 is 1.50 bits per heavy atom. The van der Waals surface area contributed by atoms with E-state index in [-0.39, 0.29) is 17.2 Å². The normalized spacial score (nSPS) is 25.7. The zero-order valence-electron chi connectivity index (χ0n) is 10.6. The Morgan fingerprint density at radius 3 is 2.78 bits per heavy atom. The van der Waals surface area contributed by atoms with Crippen molar-refractivity contribution in [1.29, 1.82) is 0 Å². The van der Waals surface area contributed by atoms with Crippen molar-refractivity contribution in [1.82, 2.24) is 10.2 Å². The van der Waals surface area contributed by atoms with Crippen molar-refractivity contribution >= 4 is 24.4 Å². The smallest absolute Gasteiger partial charge is 0.244 e. The van der Waals surface area contributed by atoms with E-state index in [9.17, 15) is 9.59 Å². The number of thiol groups is 1. The molecular weight excluding hydrogens is 252 g/mol. The van der Waals surface area contributed by atoms with E-state index >= 15 is 0 Å². The highest BCUT2D eigenvalue weighted by Gasteiger charge is 2.45. The summed E-state index contributed by atoms with van der Waals surface area (Å²) in [5.41, 5.74) is 0.0890. The minimum atomic E-state index is -0.480. The minimum Gasteiger partial charge on any atom is -0.377 e. The number of rotatable bonds is 4. The van der Waals surface area contributed by atoms with Gasteiger partial charge < -0.3 is 15.0 Å². The van der Waals surface area contributed by atoms with Crippen molar-refractivity contribution in [3.05, 3.63) is 0 Å². The van der Waals surface area contributed by atoms with E-state index in [4.69, 9.17) is 4.74 Å². The summed E-state index contributed by atoms with van der Waals surface area (Å²) in [5, 5.41) is 2.58. The summed E-state index contributed by atoms with van der Waals surface area (Å²) >= 11 is 4.31. The molecule has 6 heteroatoms. The molecule has 1 aliphatic heterocycles. The Bertz CT molecular complexity index is 344. The van der Waals surface area contributed by atoms with Crippen molar-refractivity contribution in [2.24, 2.45) is 5.41 Å². The van der Waals surface area contributed by atoms with E-state index in [0.29, 0.717) is 26.2 Å². The molecule has 1 atom stereocenters. The molecule has 5 nitrogen and oxygen atoms in total. The highest BCUT2D eigenvalue weighted by molar-refractivity contribution is 7.80. The molecule has 1 heterocycles. The maximum atomic E-state index is 12.3. The molecule has 2 rings (SSSR count). The summed E-state index contributed by atoms with van der Waals surface area (Å²) in [6.45, 7) is 1.30. The molecular formula is C12H20N2O3S. The SMILES string of the molecule is CNC(=O)C1COCCN1C(=O)CC1(CS)CC1. The summed E-state index contributed by atoms with van der Waals surface area (Å²) < 4.78 is 5.29. The van der Waals surface area contributed by atoms with E-state index in [0.717, 1.165) is 18.6 Å². The van der Waals surface area contributed by atoms with E-state index in [1.807, 2.05) is 0 Å². The zero-order valence-corrected chi connectivity index (χ0v) is 11.5. The third-order valence-corrected chi connectivity index (χ3v) is 4.49. The number of amides is 2. The molecule has 1 aliphatic carbocycles. The predicted molar refractivity (Wildman–Crippen MR) is 70.5 cm³/mol. The monoisotopic (exact) mass is 272 g/mol. The molecule has 1 saturated heterocycles. The first-order valence-corrected chi connectivity index (χ1v) is 6.95. The summed E-state index contributed by atoms with van der Waals surface area (Å²) in [4.78, 5) is 25.7. The minimum absolute atomic E-state index is 0.0541. The molecule has 2 aliphatic rings. The lowest BCUT2D eigenvalue weighted by Gasteiger charge is -2.35. The molecule has 0 aromatic heterocycles. The quantitative estimate of drug-likeness (QED) is 0.712. The van der Waals surface area contributed by atoms with Crippen molar-refractivity contribution in [2.45, 2.75) is 25.3 Å². The molecule has 18 heavy (non-hydrogen) atoms. The number of morpholine rings is 1. The van der Waals surface area contributed by atoms with Crippen molar-refractivity contribution in [3.63, 3.8) is 0 Å². The lowest BCUT2D eigenvalue weighted by molar-refractivity contribution is -0.149. The van der Waals surface area contributed by atoms with Gasteiger partial charge in [-0.05, 0) is 24.0 Å². The van der Waals surface area contributed by atoms with Crippen molar-refractivity contribution < 1.29 is 14.3 Å². The maximum absolute atomic E-state index is 12.3. The number of carbonyl (C=O) groups excluding carboxylic acids is 2.